The average molecular weight is 310 g/mol. The van der Waals surface area contributed by atoms with E-state index in [0.717, 1.165) is 17.7 Å². The van der Waals surface area contributed by atoms with Crippen LogP contribution in [0.2, 0.25) is 5.02 Å². The normalized spacial score (nSPS) is 10.9. The van der Waals surface area contributed by atoms with Crippen molar-refractivity contribution in [2.45, 2.75) is 6.54 Å². The van der Waals surface area contributed by atoms with E-state index in [0.29, 0.717) is 11.6 Å². The lowest BCUT2D eigenvalue weighted by Crippen LogP contribution is -2.25. The van der Waals surface area contributed by atoms with E-state index in [4.69, 9.17) is 11.6 Å². The summed E-state index contributed by atoms with van der Waals surface area (Å²) in [4.78, 5) is 13.8. The first-order valence-corrected chi connectivity index (χ1v) is 6.75. The first kappa shape index (κ1) is 15.6. The van der Waals surface area contributed by atoms with Crippen LogP contribution in [0.4, 0.5) is 8.78 Å². The SMILES string of the molecule is CN(CC(=O)c1ccc(F)c(F)c1)Cc1cccc(Cl)c1. The molecule has 0 spiro atoms. The molecule has 0 radical (unpaired) electrons. The van der Waals surface area contributed by atoms with Gasteiger partial charge in [0.05, 0.1) is 6.54 Å². The highest BCUT2D eigenvalue weighted by Crippen LogP contribution is 2.13. The number of ketones is 1. The van der Waals surface area contributed by atoms with Gasteiger partial charge in [0.15, 0.2) is 17.4 Å². The second-order valence-electron chi connectivity index (χ2n) is 4.85. The van der Waals surface area contributed by atoms with Gasteiger partial charge in [-0.05, 0) is 42.9 Å². The molecular weight excluding hydrogens is 296 g/mol. The first-order chi connectivity index (χ1) is 9.95. The van der Waals surface area contributed by atoms with Crippen molar-refractivity contribution in [3.63, 3.8) is 0 Å². The van der Waals surface area contributed by atoms with Gasteiger partial charge in [-0.3, -0.25) is 9.69 Å². The predicted octanol–water partition coefficient (Wildman–Crippen LogP) is 3.93. The number of nitrogens with zero attached hydrogens (tertiary/aromatic N) is 1. The Bertz CT molecular complexity index is 660. The van der Waals surface area contributed by atoms with Crippen LogP contribution in [0.3, 0.4) is 0 Å². The minimum absolute atomic E-state index is 0.109. The molecule has 0 fully saturated rings. The van der Waals surface area contributed by atoms with Crippen LogP contribution in [0, 0.1) is 11.6 Å². The Morgan fingerprint density at radius 3 is 2.57 bits per heavy atom. The van der Waals surface area contributed by atoms with Gasteiger partial charge in [0.2, 0.25) is 0 Å². The summed E-state index contributed by atoms with van der Waals surface area (Å²) in [5, 5.41) is 0.632. The number of Topliss-reactive ketones (excluding diaryl/α,β-unsaturated/α-hetero) is 1. The molecule has 2 nitrogen and oxygen atoms in total. The molecular formula is C16H14ClF2NO. The second kappa shape index (κ2) is 6.78. The molecule has 0 aliphatic carbocycles. The topological polar surface area (TPSA) is 20.3 Å². The van der Waals surface area contributed by atoms with Crippen LogP contribution in [0.5, 0.6) is 0 Å². The molecule has 0 saturated carbocycles. The van der Waals surface area contributed by atoms with Crippen molar-refractivity contribution in [3.05, 3.63) is 70.2 Å². The third kappa shape index (κ3) is 4.34. The number of rotatable bonds is 5. The second-order valence-corrected chi connectivity index (χ2v) is 5.29. The van der Waals surface area contributed by atoms with Crippen LogP contribution in [-0.2, 0) is 6.54 Å². The van der Waals surface area contributed by atoms with E-state index >= 15 is 0 Å². The van der Waals surface area contributed by atoms with Crippen LogP contribution in [-0.4, -0.2) is 24.3 Å². The molecule has 0 unspecified atom stereocenters. The zero-order valence-electron chi connectivity index (χ0n) is 11.4. The van der Waals surface area contributed by atoms with Crippen molar-refractivity contribution < 1.29 is 13.6 Å². The predicted molar refractivity (Wildman–Crippen MR) is 78.5 cm³/mol. The van der Waals surface area contributed by atoms with Gasteiger partial charge in [0, 0.05) is 17.1 Å². The van der Waals surface area contributed by atoms with Crippen LogP contribution < -0.4 is 0 Å². The lowest BCUT2D eigenvalue weighted by Gasteiger charge is -2.16. The Hall–Kier alpha value is -1.78. The van der Waals surface area contributed by atoms with E-state index in [1.165, 1.54) is 6.07 Å². The van der Waals surface area contributed by atoms with Crippen LogP contribution in [0.15, 0.2) is 42.5 Å². The zero-order valence-corrected chi connectivity index (χ0v) is 12.2. The number of hydrogen-bond donors (Lipinski definition) is 0. The largest absolute Gasteiger partial charge is 0.295 e. The summed E-state index contributed by atoms with van der Waals surface area (Å²) in [5.41, 5.74) is 1.13. The fourth-order valence-electron chi connectivity index (χ4n) is 2.01. The van der Waals surface area contributed by atoms with Crippen molar-refractivity contribution >= 4 is 17.4 Å². The lowest BCUT2D eigenvalue weighted by atomic mass is 10.1. The number of hydrogen-bond acceptors (Lipinski definition) is 2. The number of benzene rings is 2. The summed E-state index contributed by atoms with van der Waals surface area (Å²) in [6.45, 7) is 0.646. The third-order valence-corrected chi connectivity index (χ3v) is 3.23. The van der Waals surface area contributed by atoms with E-state index in [9.17, 15) is 13.6 Å². The fraction of sp³-hybridized carbons (Fsp3) is 0.188. The van der Waals surface area contributed by atoms with Gasteiger partial charge in [-0.2, -0.15) is 0 Å². The summed E-state index contributed by atoms with van der Waals surface area (Å²) in [6.07, 6.45) is 0. The Kier molecular flexibility index (Phi) is 5.04. The Balaban J connectivity index is 2.00. The highest BCUT2D eigenvalue weighted by atomic mass is 35.5. The van der Waals surface area contributed by atoms with Gasteiger partial charge in [0.1, 0.15) is 0 Å². The molecule has 0 bridgehead atoms. The highest BCUT2D eigenvalue weighted by Gasteiger charge is 2.12. The number of halogens is 3. The van der Waals surface area contributed by atoms with Crippen LogP contribution in [0.1, 0.15) is 15.9 Å². The zero-order chi connectivity index (χ0) is 15.4. The molecule has 110 valence electrons. The molecule has 0 aromatic heterocycles. The summed E-state index contributed by atoms with van der Waals surface area (Å²) in [6, 6.07) is 10.5. The molecule has 2 aromatic carbocycles. The molecule has 0 heterocycles. The van der Waals surface area contributed by atoms with Gasteiger partial charge < -0.3 is 0 Å². The van der Waals surface area contributed by atoms with Crippen molar-refractivity contribution in [1.82, 2.24) is 4.90 Å². The monoisotopic (exact) mass is 309 g/mol. The van der Waals surface area contributed by atoms with Gasteiger partial charge in [0.25, 0.3) is 0 Å². The number of carbonyl (C=O) groups is 1. The maximum atomic E-state index is 13.1. The smallest absolute Gasteiger partial charge is 0.176 e. The molecule has 2 aromatic rings. The molecule has 0 aliphatic rings. The summed E-state index contributed by atoms with van der Waals surface area (Å²) in [7, 11) is 1.78. The van der Waals surface area contributed by atoms with E-state index in [2.05, 4.69) is 0 Å². The number of carbonyl (C=O) groups excluding carboxylic acids is 1. The van der Waals surface area contributed by atoms with E-state index in [1.807, 2.05) is 18.2 Å². The Morgan fingerprint density at radius 2 is 1.90 bits per heavy atom. The van der Waals surface area contributed by atoms with Gasteiger partial charge in [-0.25, -0.2) is 8.78 Å². The first-order valence-electron chi connectivity index (χ1n) is 6.37. The molecule has 0 saturated heterocycles. The molecule has 2 rings (SSSR count). The Morgan fingerprint density at radius 1 is 1.14 bits per heavy atom. The maximum absolute atomic E-state index is 13.1. The quantitative estimate of drug-likeness (QED) is 0.780. The maximum Gasteiger partial charge on any atom is 0.176 e. The molecule has 0 amide bonds. The lowest BCUT2D eigenvalue weighted by molar-refractivity contribution is 0.0942. The summed E-state index contributed by atoms with van der Waals surface area (Å²) >= 11 is 5.90. The van der Waals surface area contributed by atoms with Crippen LogP contribution >= 0.6 is 11.6 Å². The average Bonchev–Trinajstić information content (AvgIpc) is 2.41. The highest BCUT2D eigenvalue weighted by molar-refractivity contribution is 6.30. The van der Waals surface area contributed by atoms with Crippen molar-refractivity contribution in [3.8, 4) is 0 Å². The van der Waals surface area contributed by atoms with Gasteiger partial charge in [-0.15, -0.1) is 0 Å². The fourth-order valence-corrected chi connectivity index (χ4v) is 2.22. The molecule has 0 N–H and O–H groups in total. The Labute approximate surface area is 127 Å². The van der Waals surface area contributed by atoms with E-state index in [1.54, 1.807) is 18.0 Å². The minimum atomic E-state index is -1.02. The molecule has 0 atom stereocenters. The minimum Gasteiger partial charge on any atom is -0.295 e. The molecule has 21 heavy (non-hydrogen) atoms. The summed E-state index contributed by atoms with van der Waals surface area (Å²) < 4.78 is 26.0. The van der Waals surface area contributed by atoms with Crippen molar-refractivity contribution in [2.75, 3.05) is 13.6 Å². The number of likely N-dealkylation sites (N-methyl/N-ethyl adjacent to an activating group) is 1. The summed E-state index contributed by atoms with van der Waals surface area (Å²) in [5.74, 6) is -2.24. The van der Waals surface area contributed by atoms with E-state index in [-0.39, 0.29) is 17.9 Å². The third-order valence-electron chi connectivity index (χ3n) is 3.00. The van der Waals surface area contributed by atoms with Crippen molar-refractivity contribution in [1.29, 1.82) is 0 Å². The molecule has 5 heteroatoms. The van der Waals surface area contributed by atoms with E-state index < -0.39 is 11.6 Å². The standard InChI is InChI=1S/C16H14ClF2NO/c1-20(9-11-3-2-4-13(17)7-11)10-16(21)12-5-6-14(18)15(19)8-12/h2-8H,9-10H2,1H3. The van der Waals surface area contributed by atoms with Crippen LogP contribution in [0.25, 0.3) is 0 Å². The van der Waals surface area contributed by atoms with Gasteiger partial charge in [-0.1, -0.05) is 23.7 Å². The van der Waals surface area contributed by atoms with Crippen molar-refractivity contribution in [2.24, 2.45) is 0 Å². The molecule has 0 aliphatic heterocycles. The van der Waals surface area contributed by atoms with Gasteiger partial charge >= 0.3 is 0 Å².